The van der Waals surface area contributed by atoms with Crippen molar-refractivity contribution in [3.8, 4) is 17.2 Å². The zero-order valence-corrected chi connectivity index (χ0v) is 11.2. The van der Waals surface area contributed by atoms with Crippen LogP contribution in [0.3, 0.4) is 0 Å². The second kappa shape index (κ2) is 5.27. The molecule has 0 fully saturated rings. The number of halogens is 3. The molecule has 3 rings (SSSR count). The van der Waals surface area contributed by atoms with Gasteiger partial charge in [0.1, 0.15) is 17.0 Å². The molecule has 0 unspecified atom stereocenters. The fraction of sp³-hybridized carbons (Fsp3) is 0.0714. The van der Waals surface area contributed by atoms with E-state index in [1.54, 1.807) is 0 Å². The van der Waals surface area contributed by atoms with Crippen molar-refractivity contribution in [1.82, 2.24) is 9.97 Å². The lowest BCUT2D eigenvalue weighted by molar-refractivity contribution is -0.274. The standard InChI is InChI=1S/C14H7F3N2O4/c15-14(16,17)23-8-1-2-11-9(6-8)19-12(22-11)7-3-4-18-10(5-7)13(20)21/h1-6H,(H,20,21). The molecule has 6 nitrogen and oxygen atoms in total. The van der Waals surface area contributed by atoms with Crippen LogP contribution in [0.4, 0.5) is 13.2 Å². The zero-order chi connectivity index (χ0) is 16.6. The summed E-state index contributed by atoms with van der Waals surface area (Å²) in [5.41, 5.74) is 0.524. The van der Waals surface area contributed by atoms with Gasteiger partial charge in [0.25, 0.3) is 0 Å². The molecule has 3 aromatic rings. The lowest BCUT2D eigenvalue weighted by Gasteiger charge is -2.07. The van der Waals surface area contributed by atoms with E-state index < -0.39 is 18.1 Å². The molecule has 23 heavy (non-hydrogen) atoms. The summed E-state index contributed by atoms with van der Waals surface area (Å²) >= 11 is 0. The van der Waals surface area contributed by atoms with Gasteiger partial charge in [0, 0.05) is 17.8 Å². The number of hydrogen-bond donors (Lipinski definition) is 1. The van der Waals surface area contributed by atoms with Gasteiger partial charge in [0.2, 0.25) is 5.89 Å². The quantitative estimate of drug-likeness (QED) is 0.794. The normalized spacial score (nSPS) is 11.6. The van der Waals surface area contributed by atoms with Crippen molar-refractivity contribution in [2.45, 2.75) is 6.36 Å². The van der Waals surface area contributed by atoms with Gasteiger partial charge in [-0.25, -0.2) is 14.8 Å². The van der Waals surface area contributed by atoms with Crippen LogP contribution in [0.15, 0.2) is 40.9 Å². The number of carboxylic acids is 1. The summed E-state index contributed by atoms with van der Waals surface area (Å²) in [7, 11) is 0. The molecule has 2 aromatic heterocycles. The van der Waals surface area contributed by atoms with E-state index in [-0.39, 0.29) is 22.7 Å². The lowest BCUT2D eigenvalue weighted by atomic mass is 10.2. The average Bonchev–Trinajstić information content (AvgIpc) is 2.89. The summed E-state index contributed by atoms with van der Waals surface area (Å²) in [6.07, 6.45) is -3.53. The first-order valence-electron chi connectivity index (χ1n) is 6.18. The van der Waals surface area contributed by atoms with Crippen molar-refractivity contribution < 1.29 is 32.2 Å². The number of carboxylic acid groups (broad SMARTS) is 1. The smallest absolute Gasteiger partial charge is 0.477 e. The molecule has 0 radical (unpaired) electrons. The van der Waals surface area contributed by atoms with Gasteiger partial charge in [0.05, 0.1) is 0 Å². The van der Waals surface area contributed by atoms with Crippen LogP contribution in [0, 0.1) is 0 Å². The molecule has 0 aliphatic carbocycles. The third-order valence-electron chi connectivity index (χ3n) is 2.82. The van der Waals surface area contributed by atoms with Crippen LogP contribution in [0.2, 0.25) is 0 Å². The molecule has 1 N–H and O–H groups in total. The molecule has 0 aliphatic rings. The first-order chi connectivity index (χ1) is 10.8. The molecule has 0 amide bonds. The van der Waals surface area contributed by atoms with Crippen LogP contribution >= 0.6 is 0 Å². The van der Waals surface area contributed by atoms with Gasteiger partial charge in [-0.2, -0.15) is 0 Å². The van der Waals surface area contributed by atoms with Crippen molar-refractivity contribution in [2.24, 2.45) is 0 Å². The predicted molar refractivity (Wildman–Crippen MR) is 70.9 cm³/mol. The Labute approximate surface area is 126 Å². The molecule has 1 aromatic carbocycles. The van der Waals surface area contributed by atoms with Crippen LogP contribution in [-0.2, 0) is 0 Å². The number of rotatable bonds is 3. The topological polar surface area (TPSA) is 85.5 Å². The van der Waals surface area contributed by atoms with Crippen LogP contribution in [0.1, 0.15) is 10.5 Å². The van der Waals surface area contributed by atoms with Crippen LogP contribution in [-0.4, -0.2) is 27.4 Å². The Morgan fingerprint density at radius 3 is 2.70 bits per heavy atom. The number of hydrogen-bond acceptors (Lipinski definition) is 5. The number of pyridine rings is 1. The minimum absolute atomic E-state index is 0.0639. The number of aromatic carboxylic acids is 1. The van der Waals surface area contributed by atoms with Gasteiger partial charge in [-0.05, 0) is 24.3 Å². The molecule has 0 saturated heterocycles. The summed E-state index contributed by atoms with van der Waals surface area (Å²) in [5.74, 6) is -1.58. The Kier molecular flexibility index (Phi) is 3.40. The number of oxazole rings is 1. The van der Waals surface area contributed by atoms with E-state index >= 15 is 0 Å². The van der Waals surface area contributed by atoms with E-state index in [0.717, 1.165) is 12.1 Å². The molecule has 9 heteroatoms. The highest BCUT2D eigenvalue weighted by Crippen LogP contribution is 2.29. The largest absolute Gasteiger partial charge is 0.573 e. The highest BCUT2D eigenvalue weighted by Gasteiger charge is 2.31. The average molecular weight is 324 g/mol. The maximum atomic E-state index is 12.2. The van der Waals surface area contributed by atoms with E-state index in [9.17, 15) is 18.0 Å². The van der Waals surface area contributed by atoms with Crippen molar-refractivity contribution in [2.75, 3.05) is 0 Å². The van der Waals surface area contributed by atoms with Crippen molar-refractivity contribution in [3.63, 3.8) is 0 Å². The van der Waals surface area contributed by atoms with Crippen molar-refractivity contribution >= 4 is 17.1 Å². The number of benzene rings is 1. The van der Waals surface area contributed by atoms with Crippen LogP contribution in [0.5, 0.6) is 5.75 Å². The Balaban J connectivity index is 2.00. The molecule has 0 aliphatic heterocycles. The zero-order valence-electron chi connectivity index (χ0n) is 11.2. The van der Waals surface area contributed by atoms with E-state index in [2.05, 4.69) is 14.7 Å². The predicted octanol–water partition coefficient (Wildman–Crippen LogP) is 3.49. The van der Waals surface area contributed by atoms with Gasteiger partial charge >= 0.3 is 12.3 Å². The molecule has 0 bridgehead atoms. The molecule has 0 saturated carbocycles. The number of aromatic nitrogens is 2. The van der Waals surface area contributed by atoms with E-state index in [0.29, 0.717) is 5.56 Å². The fourth-order valence-corrected chi connectivity index (χ4v) is 1.91. The van der Waals surface area contributed by atoms with Crippen molar-refractivity contribution in [3.05, 3.63) is 42.2 Å². The summed E-state index contributed by atoms with van der Waals surface area (Å²) in [4.78, 5) is 18.6. The third kappa shape index (κ3) is 3.23. The molecular formula is C14H7F3N2O4. The van der Waals surface area contributed by atoms with E-state index in [1.165, 1.54) is 24.4 Å². The Morgan fingerprint density at radius 2 is 2.00 bits per heavy atom. The van der Waals surface area contributed by atoms with Crippen molar-refractivity contribution in [1.29, 1.82) is 0 Å². The number of nitrogens with zero attached hydrogens (tertiary/aromatic N) is 2. The first kappa shape index (κ1) is 14.8. The lowest BCUT2D eigenvalue weighted by Crippen LogP contribution is -2.16. The Morgan fingerprint density at radius 1 is 1.22 bits per heavy atom. The van der Waals surface area contributed by atoms with Gasteiger partial charge in [0.15, 0.2) is 5.58 Å². The summed E-state index contributed by atoms with van der Waals surface area (Å²) in [5, 5.41) is 8.90. The van der Waals surface area contributed by atoms with Gasteiger partial charge in [-0.1, -0.05) is 0 Å². The number of carbonyl (C=O) groups is 1. The minimum atomic E-state index is -4.80. The molecule has 0 spiro atoms. The Hall–Kier alpha value is -3.10. The maximum Gasteiger partial charge on any atom is 0.573 e. The van der Waals surface area contributed by atoms with Gasteiger partial charge in [-0.3, -0.25) is 0 Å². The Bertz CT molecular complexity index is 889. The molecule has 0 atom stereocenters. The summed E-state index contributed by atoms with van der Waals surface area (Å²) in [6.45, 7) is 0. The number of fused-ring (bicyclic) bond motifs is 1. The number of ether oxygens (including phenoxy) is 1. The number of alkyl halides is 3. The van der Waals surface area contributed by atoms with Gasteiger partial charge < -0.3 is 14.3 Å². The minimum Gasteiger partial charge on any atom is -0.477 e. The SMILES string of the molecule is O=C(O)c1cc(-c2nc3cc(OC(F)(F)F)ccc3o2)ccn1. The highest BCUT2D eigenvalue weighted by molar-refractivity contribution is 5.87. The van der Waals surface area contributed by atoms with Crippen LogP contribution < -0.4 is 4.74 Å². The second-order valence-electron chi connectivity index (χ2n) is 4.43. The van der Waals surface area contributed by atoms with Crippen LogP contribution in [0.25, 0.3) is 22.6 Å². The highest BCUT2D eigenvalue weighted by atomic mass is 19.4. The van der Waals surface area contributed by atoms with E-state index in [1.807, 2.05) is 0 Å². The van der Waals surface area contributed by atoms with Gasteiger partial charge in [-0.15, -0.1) is 13.2 Å². The molecule has 118 valence electrons. The maximum absolute atomic E-state index is 12.2. The molecule has 2 heterocycles. The monoisotopic (exact) mass is 324 g/mol. The third-order valence-corrected chi connectivity index (χ3v) is 2.82. The summed E-state index contributed by atoms with van der Waals surface area (Å²) < 4.78 is 45.8. The fourth-order valence-electron chi connectivity index (χ4n) is 1.91. The summed E-state index contributed by atoms with van der Waals surface area (Å²) in [6, 6.07) is 6.19. The second-order valence-corrected chi connectivity index (χ2v) is 4.43. The van der Waals surface area contributed by atoms with E-state index in [4.69, 9.17) is 9.52 Å². The first-order valence-corrected chi connectivity index (χ1v) is 6.18. The molecular weight excluding hydrogens is 317 g/mol.